The molecule has 0 saturated heterocycles. The smallest absolute Gasteiger partial charge is 0.0624 e. The van der Waals surface area contributed by atoms with Gasteiger partial charge in [0.25, 0.3) is 0 Å². The molecule has 1 nitrogen and oxygen atoms in total. The van der Waals surface area contributed by atoms with Crippen LogP contribution in [0.2, 0.25) is 0 Å². The highest BCUT2D eigenvalue weighted by molar-refractivity contribution is 4.84. The lowest BCUT2D eigenvalue weighted by molar-refractivity contribution is 0.134. The molecule has 0 amide bonds. The van der Waals surface area contributed by atoms with Crippen LogP contribution < -0.4 is 0 Å². The van der Waals surface area contributed by atoms with Crippen LogP contribution in [-0.2, 0) is 0 Å². The zero-order chi connectivity index (χ0) is 17.9. The monoisotopic (exact) mass is 345 g/mol. The van der Waals surface area contributed by atoms with Crippen LogP contribution in [0.25, 0.3) is 0 Å². The summed E-state index contributed by atoms with van der Waals surface area (Å²) in [6, 6.07) is 2.42. The van der Waals surface area contributed by atoms with Crippen LogP contribution in [0, 0.1) is 40.9 Å². The van der Waals surface area contributed by atoms with Gasteiger partial charge >= 0.3 is 0 Å². The van der Waals surface area contributed by atoms with Gasteiger partial charge in [-0.25, -0.2) is 0 Å². The molecule has 2 aliphatic rings. The molecule has 0 aromatic heterocycles. The molecule has 1 unspecified atom stereocenters. The van der Waals surface area contributed by atoms with Gasteiger partial charge in [0, 0.05) is 6.42 Å². The molecule has 0 aliphatic heterocycles. The van der Waals surface area contributed by atoms with Crippen molar-refractivity contribution in [2.75, 3.05) is 0 Å². The summed E-state index contributed by atoms with van der Waals surface area (Å²) in [5.74, 6) is 4.74. The molecular weight excluding hydrogens is 302 g/mol. The van der Waals surface area contributed by atoms with E-state index in [4.69, 9.17) is 5.26 Å². The standard InChI is InChI=1S/C24H43N/c1-3-5-6-8-20-9-13-23(14-10-20)24-15-11-22(12-16-24)19-21(7-4-2)17-18-25/h20-24H,3-17,19H2,1-2H3. The Kier molecular flexibility index (Phi) is 9.97. The summed E-state index contributed by atoms with van der Waals surface area (Å²) in [7, 11) is 0. The Hall–Kier alpha value is -0.510. The SMILES string of the molecule is CCCCCC1CCC(C2CCC(CC(CC#N)CCC)CC2)CC1. The van der Waals surface area contributed by atoms with Crippen LogP contribution >= 0.6 is 0 Å². The summed E-state index contributed by atoms with van der Waals surface area (Å²) in [5.41, 5.74) is 0. The van der Waals surface area contributed by atoms with Crippen molar-refractivity contribution < 1.29 is 0 Å². The number of hydrogen-bond donors (Lipinski definition) is 0. The molecule has 0 N–H and O–H groups in total. The molecule has 2 fully saturated rings. The van der Waals surface area contributed by atoms with Gasteiger partial charge in [0.1, 0.15) is 0 Å². The van der Waals surface area contributed by atoms with Crippen LogP contribution in [0.1, 0.15) is 117 Å². The maximum atomic E-state index is 9.04. The Bertz CT molecular complexity index is 366. The Morgan fingerprint density at radius 3 is 1.92 bits per heavy atom. The van der Waals surface area contributed by atoms with Crippen molar-refractivity contribution in [3.05, 3.63) is 0 Å². The molecule has 0 spiro atoms. The molecule has 1 atom stereocenters. The van der Waals surface area contributed by atoms with E-state index < -0.39 is 0 Å². The molecule has 0 aromatic carbocycles. The number of hydrogen-bond acceptors (Lipinski definition) is 1. The van der Waals surface area contributed by atoms with Crippen LogP contribution in [0.4, 0.5) is 0 Å². The van der Waals surface area contributed by atoms with Crippen molar-refractivity contribution in [3.63, 3.8) is 0 Å². The van der Waals surface area contributed by atoms with Crippen molar-refractivity contribution in [1.29, 1.82) is 5.26 Å². The van der Waals surface area contributed by atoms with E-state index >= 15 is 0 Å². The molecule has 144 valence electrons. The van der Waals surface area contributed by atoms with E-state index in [-0.39, 0.29) is 0 Å². The number of unbranched alkanes of at least 4 members (excludes halogenated alkanes) is 2. The Balaban J connectivity index is 1.64. The molecule has 25 heavy (non-hydrogen) atoms. The minimum Gasteiger partial charge on any atom is -0.198 e. The lowest BCUT2D eigenvalue weighted by Gasteiger charge is -2.38. The highest BCUT2D eigenvalue weighted by Gasteiger charge is 2.31. The molecule has 0 heterocycles. The topological polar surface area (TPSA) is 23.8 Å². The molecule has 0 aromatic rings. The Morgan fingerprint density at radius 1 is 0.800 bits per heavy atom. The van der Waals surface area contributed by atoms with E-state index in [1.807, 2.05) is 0 Å². The van der Waals surface area contributed by atoms with Gasteiger partial charge in [-0.15, -0.1) is 0 Å². The van der Waals surface area contributed by atoms with E-state index in [1.54, 1.807) is 0 Å². The van der Waals surface area contributed by atoms with Crippen LogP contribution in [0.15, 0.2) is 0 Å². The predicted octanol–water partition coefficient (Wildman–Crippen LogP) is 7.90. The minimum absolute atomic E-state index is 0.676. The van der Waals surface area contributed by atoms with Crippen molar-refractivity contribution in [2.24, 2.45) is 29.6 Å². The maximum absolute atomic E-state index is 9.04. The van der Waals surface area contributed by atoms with Gasteiger partial charge in [-0.3, -0.25) is 0 Å². The van der Waals surface area contributed by atoms with Crippen molar-refractivity contribution in [3.8, 4) is 6.07 Å². The summed E-state index contributed by atoms with van der Waals surface area (Å²) in [5, 5.41) is 9.04. The normalized spacial score (nSPS) is 31.4. The molecule has 0 bridgehead atoms. The van der Waals surface area contributed by atoms with E-state index in [0.717, 1.165) is 30.1 Å². The Morgan fingerprint density at radius 2 is 1.40 bits per heavy atom. The first kappa shape index (κ1) is 20.8. The maximum Gasteiger partial charge on any atom is 0.0624 e. The third kappa shape index (κ3) is 7.32. The first-order valence-electron chi connectivity index (χ1n) is 11.6. The van der Waals surface area contributed by atoms with E-state index in [2.05, 4.69) is 19.9 Å². The fourth-order valence-electron chi connectivity index (χ4n) is 5.84. The predicted molar refractivity (Wildman–Crippen MR) is 108 cm³/mol. The highest BCUT2D eigenvalue weighted by Crippen LogP contribution is 2.43. The Labute approximate surface area is 158 Å². The molecule has 2 rings (SSSR count). The largest absolute Gasteiger partial charge is 0.198 e. The fraction of sp³-hybridized carbons (Fsp3) is 0.958. The molecule has 2 saturated carbocycles. The summed E-state index contributed by atoms with van der Waals surface area (Å²) in [6.07, 6.45) is 22.4. The summed E-state index contributed by atoms with van der Waals surface area (Å²) in [4.78, 5) is 0. The summed E-state index contributed by atoms with van der Waals surface area (Å²) in [6.45, 7) is 4.58. The van der Waals surface area contributed by atoms with Crippen LogP contribution in [0.5, 0.6) is 0 Å². The lowest BCUT2D eigenvalue weighted by Crippen LogP contribution is -2.26. The van der Waals surface area contributed by atoms with Gasteiger partial charge in [-0.2, -0.15) is 5.26 Å². The first-order chi connectivity index (χ1) is 12.3. The summed E-state index contributed by atoms with van der Waals surface area (Å²) < 4.78 is 0. The summed E-state index contributed by atoms with van der Waals surface area (Å²) >= 11 is 0. The van der Waals surface area contributed by atoms with E-state index in [9.17, 15) is 0 Å². The van der Waals surface area contributed by atoms with Gasteiger partial charge in [0.15, 0.2) is 0 Å². The zero-order valence-electron chi connectivity index (χ0n) is 17.1. The van der Waals surface area contributed by atoms with Gasteiger partial charge < -0.3 is 0 Å². The quantitative estimate of drug-likeness (QED) is 0.369. The average Bonchev–Trinajstić information content (AvgIpc) is 2.64. The number of nitrogens with zero attached hydrogens (tertiary/aromatic N) is 1. The fourth-order valence-corrected chi connectivity index (χ4v) is 5.84. The van der Waals surface area contributed by atoms with Crippen LogP contribution in [-0.4, -0.2) is 0 Å². The van der Waals surface area contributed by atoms with Gasteiger partial charge in [0.2, 0.25) is 0 Å². The molecular formula is C24H43N. The van der Waals surface area contributed by atoms with Crippen LogP contribution in [0.3, 0.4) is 0 Å². The second-order valence-electron chi connectivity index (χ2n) is 9.31. The van der Waals surface area contributed by atoms with Gasteiger partial charge in [-0.05, 0) is 68.1 Å². The van der Waals surface area contributed by atoms with Crippen molar-refractivity contribution >= 4 is 0 Å². The third-order valence-corrected chi connectivity index (χ3v) is 7.41. The van der Waals surface area contributed by atoms with Crippen molar-refractivity contribution in [2.45, 2.75) is 117 Å². The third-order valence-electron chi connectivity index (χ3n) is 7.41. The number of nitriles is 1. The molecule has 2 aliphatic carbocycles. The lowest BCUT2D eigenvalue weighted by atomic mass is 9.67. The molecule has 1 heteroatoms. The highest BCUT2D eigenvalue weighted by atomic mass is 14.4. The molecule has 0 radical (unpaired) electrons. The van der Waals surface area contributed by atoms with Crippen molar-refractivity contribution in [1.82, 2.24) is 0 Å². The zero-order valence-corrected chi connectivity index (χ0v) is 17.1. The second kappa shape index (κ2) is 12.0. The van der Waals surface area contributed by atoms with E-state index in [1.165, 1.54) is 96.3 Å². The second-order valence-corrected chi connectivity index (χ2v) is 9.31. The van der Waals surface area contributed by atoms with E-state index in [0.29, 0.717) is 5.92 Å². The van der Waals surface area contributed by atoms with Gasteiger partial charge in [-0.1, -0.05) is 71.6 Å². The average molecular weight is 346 g/mol. The first-order valence-corrected chi connectivity index (χ1v) is 11.6. The van der Waals surface area contributed by atoms with Gasteiger partial charge in [0.05, 0.1) is 6.07 Å². The number of rotatable bonds is 10. The minimum atomic E-state index is 0.676.